The molecule has 1 aliphatic rings. The van der Waals surface area contributed by atoms with E-state index < -0.39 is 0 Å². The van der Waals surface area contributed by atoms with Crippen LogP contribution in [0.1, 0.15) is 18.1 Å². The van der Waals surface area contributed by atoms with Gasteiger partial charge in [0.2, 0.25) is 6.79 Å². The van der Waals surface area contributed by atoms with Gasteiger partial charge in [-0.2, -0.15) is 0 Å². The maximum Gasteiger partial charge on any atom is 0.302 e. The maximum atomic E-state index is 10.8. The third-order valence-corrected chi connectivity index (χ3v) is 2.49. The first-order valence-electron chi connectivity index (χ1n) is 5.36. The molecule has 0 aromatic heterocycles. The largest absolute Gasteiger partial charge is 0.461 e. The molecule has 0 bridgehead atoms. The van der Waals surface area contributed by atoms with Gasteiger partial charge in [0.1, 0.15) is 6.61 Å². The third-order valence-electron chi connectivity index (χ3n) is 2.49. The Balaban J connectivity index is 2.27. The maximum absolute atomic E-state index is 10.8. The molecule has 0 spiro atoms. The molecule has 4 nitrogen and oxygen atoms in total. The summed E-state index contributed by atoms with van der Waals surface area (Å²) in [6.07, 6.45) is 2.50. The number of allylic oxidation sites excluding steroid dienone is 1. The second-order valence-electron chi connectivity index (χ2n) is 3.75. The second kappa shape index (κ2) is 4.91. The lowest BCUT2D eigenvalue weighted by atomic mass is 10.0. The van der Waals surface area contributed by atoms with E-state index in [2.05, 4.69) is 6.58 Å². The van der Waals surface area contributed by atoms with E-state index in [9.17, 15) is 4.79 Å². The summed E-state index contributed by atoms with van der Waals surface area (Å²) in [5.74, 6) is 1.13. The lowest BCUT2D eigenvalue weighted by molar-refractivity contribution is -0.142. The predicted molar refractivity (Wildman–Crippen MR) is 61.9 cm³/mol. The fourth-order valence-electron chi connectivity index (χ4n) is 1.69. The van der Waals surface area contributed by atoms with Crippen LogP contribution in [0, 0.1) is 0 Å². The number of benzene rings is 1. The summed E-state index contributed by atoms with van der Waals surface area (Å²) in [7, 11) is 0. The lowest BCUT2D eigenvalue weighted by Crippen LogP contribution is -2.02. The van der Waals surface area contributed by atoms with Crippen LogP contribution < -0.4 is 9.47 Å². The van der Waals surface area contributed by atoms with E-state index in [-0.39, 0.29) is 19.4 Å². The Morgan fingerprint density at radius 3 is 2.65 bits per heavy atom. The van der Waals surface area contributed by atoms with Gasteiger partial charge in [-0.1, -0.05) is 6.08 Å². The van der Waals surface area contributed by atoms with Gasteiger partial charge in [-0.25, -0.2) is 0 Å². The normalized spacial score (nSPS) is 12.3. The summed E-state index contributed by atoms with van der Waals surface area (Å²) < 4.78 is 15.6. The fourth-order valence-corrected chi connectivity index (χ4v) is 1.69. The van der Waals surface area contributed by atoms with E-state index in [1.165, 1.54) is 6.92 Å². The van der Waals surface area contributed by atoms with Crippen molar-refractivity contribution in [2.75, 3.05) is 6.79 Å². The molecule has 0 radical (unpaired) electrons. The minimum atomic E-state index is -0.299. The zero-order valence-electron chi connectivity index (χ0n) is 9.69. The van der Waals surface area contributed by atoms with Crippen LogP contribution in [0.3, 0.4) is 0 Å². The van der Waals surface area contributed by atoms with Gasteiger partial charge < -0.3 is 14.2 Å². The van der Waals surface area contributed by atoms with Crippen LogP contribution in [0.4, 0.5) is 0 Å². The topological polar surface area (TPSA) is 44.8 Å². The molecule has 0 amide bonds. The Hall–Kier alpha value is -1.97. The number of carbonyl (C=O) groups is 1. The quantitative estimate of drug-likeness (QED) is 0.592. The number of hydrogen-bond acceptors (Lipinski definition) is 4. The monoisotopic (exact) mass is 234 g/mol. The molecule has 0 N–H and O–H groups in total. The highest BCUT2D eigenvalue weighted by atomic mass is 16.7. The van der Waals surface area contributed by atoms with Crippen LogP contribution in [-0.2, 0) is 22.6 Å². The average molecular weight is 234 g/mol. The van der Waals surface area contributed by atoms with E-state index in [1.54, 1.807) is 6.08 Å². The molecule has 0 saturated heterocycles. The van der Waals surface area contributed by atoms with Gasteiger partial charge in [-0.3, -0.25) is 4.79 Å². The molecule has 0 fully saturated rings. The van der Waals surface area contributed by atoms with Gasteiger partial charge in [0.05, 0.1) is 0 Å². The molecule has 90 valence electrons. The zero-order valence-corrected chi connectivity index (χ0v) is 9.69. The number of hydrogen-bond donors (Lipinski definition) is 0. The minimum absolute atomic E-state index is 0.236. The zero-order chi connectivity index (χ0) is 12.3. The standard InChI is InChI=1S/C13H14O4/c1-3-4-10-5-12-13(17-8-16-12)6-11(10)7-15-9(2)14/h3,5-6H,1,4,7-8H2,2H3. The van der Waals surface area contributed by atoms with Crippen molar-refractivity contribution >= 4 is 5.97 Å². The van der Waals surface area contributed by atoms with Crippen LogP contribution >= 0.6 is 0 Å². The molecule has 2 rings (SSSR count). The summed E-state index contributed by atoms with van der Waals surface area (Å²) in [5, 5.41) is 0. The van der Waals surface area contributed by atoms with E-state index in [4.69, 9.17) is 14.2 Å². The molecule has 1 heterocycles. The van der Waals surface area contributed by atoms with Crippen LogP contribution in [0.2, 0.25) is 0 Å². The number of esters is 1. The first kappa shape index (κ1) is 11.5. The third kappa shape index (κ3) is 2.58. The van der Waals surface area contributed by atoms with E-state index in [0.29, 0.717) is 12.2 Å². The molecule has 1 aromatic rings. The summed E-state index contributed by atoms with van der Waals surface area (Å²) >= 11 is 0. The summed E-state index contributed by atoms with van der Waals surface area (Å²) in [4.78, 5) is 10.8. The van der Waals surface area contributed by atoms with Crippen LogP contribution in [-0.4, -0.2) is 12.8 Å². The van der Waals surface area contributed by atoms with Crippen molar-refractivity contribution in [1.82, 2.24) is 0 Å². The molecule has 17 heavy (non-hydrogen) atoms. The van der Waals surface area contributed by atoms with Gasteiger partial charge in [0.15, 0.2) is 11.5 Å². The van der Waals surface area contributed by atoms with Crippen molar-refractivity contribution in [2.24, 2.45) is 0 Å². The van der Waals surface area contributed by atoms with Crippen LogP contribution in [0.15, 0.2) is 24.8 Å². The van der Waals surface area contributed by atoms with Crippen molar-refractivity contribution in [3.63, 3.8) is 0 Å². The summed E-state index contributed by atoms with van der Waals surface area (Å²) in [6, 6.07) is 3.76. The van der Waals surface area contributed by atoms with Crippen molar-refractivity contribution in [3.05, 3.63) is 35.9 Å². The molecular weight excluding hydrogens is 220 g/mol. The number of rotatable bonds is 4. The Labute approximate surface area is 99.8 Å². The van der Waals surface area contributed by atoms with Gasteiger partial charge in [-0.15, -0.1) is 6.58 Å². The Kier molecular flexibility index (Phi) is 3.32. The van der Waals surface area contributed by atoms with Crippen molar-refractivity contribution in [3.8, 4) is 11.5 Å². The van der Waals surface area contributed by atoms with Gasteiger partial charge in [0.25, 0.3) is 0 Å². The highest BCUT2D eigenvalue weighted by molar-refractivity contribution is 5.66. The van der Waals surface area contributed by atoms with E-state index in [0.717, 1.165) is 16.9 Å². The number of carbonyl (C=O) groups excluding carboxylic acids is 1. The SMILES string of the molecule is C=CCc1cc2c(cc1COC(C)=O)OCO2. The van der Waals surface area contributed by atoms with Crippen LogP contribution in [0.5, 0.6) is 11.5 Å². The van der Waals surface area contributed by atoms with Gasteiger partial charge in [0, 0.05) is 6.92 Å². The van der Waals surface area contributed by atoms with Crippen molar-refractivity contribution < 1.29 is 19.0 Å². The molecule has 1 aliphatic heterocycles. The average Bonchev–Trinajstić information content (AvgIpc) is 2.73. The van der Waals surface area contributed by atoms with E-state index >= 15 is 0 Å². The molecule has 0 atom stereocenters. The Bertz CT molecular complexity index is 451. The number of fused-ring (bicyclic) bond motifs is 1. The predicted octanol–water partition coefficient (Wildman–Crippen LogP) is 2.21. The summed E-state index contributed by atoms with van der Waals surface area (Å²) in [5.41, 5.74) is 1.95. The molecule has 0 unspecified atom stereocenters. The van der Waals surface area contributed by atoms with E-state index in [1.807, 2.05) is 12.1 Å². The molecule has 4 heteroatoms. The Morgan fingerprint density at radius 1 is 1.41 bits per heavy atom. The highest BCUT2D eigenvalue weighted by Gasteiger charge is 2.17. The molecular formula is C13H14O4. The van der Waals surface area contributed by atoms with Crippen molar-refractivity contribution in [1.29, 1.82) is 0 Å². The second-order valence-corrected chi connectivity index (χ2v) is 3.75. The van der Waals surface area contributed by atoms with Crippen LogP contribution in [0.25, 0.3) is 0 Å². The fraction of sp³-hybridized carbons (Fsp3) is 0.308. The first-order chi connectivity index (χ1) is 8.20. The summed E-state index contributed by atoms with van der Waals surface area (Å²) in [6.45, 7) is 5.58. The van der Waals surface area contributed by atoms with Crippen molar-refractivity contribution in [2.45, 2.75) is 20.0 Å². The van der Waals surface area contributed by atoms with Gasteiger partial charge >= 0.3 is 5.97 Å². The molecule has 1 aromatic carbocycles. The smallest absolute Gasteiger partial charge is 0.302 e. The lowest BCUT2D eigenvalue weighted by Gasteiger charge is -2.09. The number of ether oxygens (including phenoxy) is 3. The minimum Gasteiger partial charge on any atom is -0.461 e. The first-order valence-corrected chi connectivity index (χ1v) is 5.36. The van der Waals surface area contributed by atoms with Gasteiger partial charge in [-0.05, 0) is 29.7 Å². The Morgan fingerprint density at radius 2 is 2.06 bits per heavy atom. The highest BCUT2D eigenvalue weighted by Crippen LogP contribution is 2.35. The molecule has 0 aliphatic carbocycles. The molecule has 0 saturated carbocycles.